The molecule has 0 spiro atoms. The molecule has 0 aliphatic heterocycles. The fraction of sp³-hybridized carbons (Fsp3) is 0.333. The Morgan fingerprint density at radius 3 is 2.69 bits per heavy atom. The van der Waals surface area contributed by atoms with E-state index in [1.54, 1.807) is 43.2 Å². The molecule has 0 saturated carbocycles. The van der Waals surface area contributed by atoms with Crippen molar-refractivity contribution < 1.29 is 4.79 Å². The average Bonchev–Trinajstić information content (AvgIpc) is 2.16. The molecule has 0 bridgehead atoms. The first kappa shape index (κ1) is 10.1. The highest BCUT2D eigenvalue weighted by Gasteiger charge is 2.07. The number of aromatic nitrogens is 1. The summed E-state index contributed by atoms with van der Waals surface area (Å²) in [6, 6.07) is 1.85. The number of carbonyl (C=O) groups is 1. The van der Waals surface area contributed by atoms with E-state index >= 15 is 0 Å². The highest BCUT2D eigenvalue weighted by molar-refractivity contribution is 7.98. The van der Waals surface area contributed by atoms with Crippen LogP contribution in [0.2, 0.25) is 0 Å². The number of nitrogens with zero attached hydrogens (tertiary/aromatic N) is 2. The normalized spacial score (nSPS) is 9.77. The number of amides is 1. The summed E-state index contributed by atoms with van der Waals surface area (Å²) in [5, 5.41) is 0. The summed E-state index contributed by atoms with van der Waals surface area (Å²) in [4.78, 5) is 18.0. The Kier molecular flexibility index (Phi) is 3.31. The predicted octanol–water partition coefficient (Wildman–Crippen LogP) is 1.51. The van der Waals surface area contributed by atoms with Gasteiger partial charge >= 0.3 is 0 Å². The molecule has 0 aliphatic rings. The first-order valence-electron chi connectivity index (χ1n) is 3.86. The second kappa shape index (κ2) is 4.28. The van der Waals surface area contributed by atoms with Crippen molar-refractivity contribution in [2.45, 2.75) is 4.90 Å². The van der Waals surface area contributed by atoms with Gasteiger partial charge in [0.2, 0.25) is 0 Å². The maximum Gasteiger partial charge on any atom is 0.254 e. The van der Waals surface area contributed by atoms with Crippen molar-refractivity contribution in [1.82, 2.24) is 9.88 Å². The fourth-order valence-electron chi connectivity index (χ4n) is 0.906. The lowest BCUT2D eigenvalue weighted by Crippen LogP contribution is -2.21. The van der Waals surface area contributed by atoms with Gasteiger partial charge < -0.3 is 4.90 Å². The lowest BCUT2D eigenvalue weighted by atomic mass is 10.2. The Bertz CT molecular complexity index is 312. The molecule has 0 aromatic carbocycles. The van der Waals surface area contributed by atoms with Crippen LogP contribution in [0.15, 0.2) is 23.4 Å². The van der Waals surface area contributed by atoms with Gasteiger partial charge in [0.15, 0.2) is 0 Å². The van der Waals surface area contributed by atoms with Gasteiger partial charge in [0.25, 0.3) is 5.91 Å². The number of pyridine rings is 1. The third kappa shape index (κ3) is 2.45. The molecule has 1 aromatic heterocycles. The molecule has 1 amide bonds. The molecular weight excluding hydrogens is 184 g/mol. The van der Waals surface area contributed by atoms with Gasteiger partial charge in [-0.2, -0.15) is 0 Å². The monoisotopic (exact) mass is 196 g/mol. The summed E-state index contributed by atoms with van der Waals surface area (Å²) in [6.45, 7) is 0. The molecule has 13 heavy (non-hydrogen) atoms. The largest absolute Gasteiger partial charge is 0.345 e. The van der Waals surface area contributed by atoms with E-state index in [0.717, 1.165) is 4.90 Å². The second-order valence-corrected chi connectivity index (χ2v) is 3.69. The van der Waals surface area contributed by atoms with Crippen LogP contribution in [0.5, 0.6) is 0 Å². The number of hydrogen-bond acceptors (Lipinski definition) is 3. The first-order chi connectivity index (χ1) is 6.15. The Morgan fingerprint density at radius 2 is 2.15 bits per heavy atom. The van der Waals surface area contributed by atoms with Crippen molar-refractivity contribution in [3.05, 3.63) is 24.0 Å². The van der Waals surface area contributed by atoms with Crippen molar-refractivity contribution >= 4 is 17.7 Å². The highest BCUT2D eigenvalue weighted by Crippen LogP contribution is 2.14. The van der Waals surface area contributed by atoms with Crippen LogP contribution in [-0.2, 0) is 0 Å². The van der Waals surface area contributed by atoms with Gasteiger partial charge in [-0.25, -0.2) is 0 Å². The molecule has 1 aromatic rings. The zero-order valence-corrected chi connectivity index (χ0v) is 8.76. The minimum Gasteiger partial charge on any atom is -0.345 e. The van der Waals surface area contributed by atoms with Crippen LogP contribution in [0.3, 0.4) is 0 Å². The van der Waals surface area contributed by atoms with Crippen LogP contribution < -0.4 is 0 Å². The van der Waals surface area contributed by atoms with E-state index in [4.69, 9.17) is 0 Å². The van der Waals surface area contributed by atoms with E-state index in [1.807, 2.05) is 12.3 Å². The number of hydrogen-bond donors (Lipinski definition) is 0. The third-order valence-electron chi connectivity index (χ3n) is 1.60. The minimum atomic E-state index is -0.0107. The molecule has 0 radical (unpaired) electrons. The van der Waals surface area contributed by atoms with Crippen molar-refractivity contribution in [2.75, 3.05) is 20.4 Å². The van der Waals surface area contributed by atoms with Crippen molar-refractivity contribution in [2.24, 2.45) is 0 Å². The third-order valence-corrected chi connectivity index (χ3v) is 2.30. The molecular formula is C9H12N2OS. The maximum absolute atomic E-state index is 11.5. The van der Waals surface area contributed by atoms with E-state index in [1.165, 1.54) is 0 Å². The first-order valence-corrected chi connectivity index (χ1v) is 5.08. The van der Waals surface area contributed by atoms with E-state index in [0.29, 0.717) is 5.56 Å². The van der Waals surface area contributed by atoms with Crippen LogP contribution >= 0.6 is 11.8 Å². The van der Waals surface area contributed by atoms with Gasteiger partial charge in [-0.1, -0.05) is 0 Å². The van der Waals surface area contributed by atoms with Crippen molar-refractivity contribution in [1.29, 1.82) is 0 Å². The molecule has 0 aliphatic carbocycles. The van der Waals surface area contributed by atoms with Crippen molar-refractivity contribution in [3.63, 3.8) is 0 Å². The van der Waals surface area contributed by atoms with Gasteiger partial charge in [-0.05, 0) is 12.3 Å². The van der Waals surface area contributed by atoms with Crippen LogP contribution in [0.4, 0.5) is 0 Å². The molecule has 0 N–H and O–H groups in total. The molecule has 0 saturated heterocycles. The van der Waals surface area contributed by atoms with Crippen LogP contribution in [0, 0.1) is 0 Å². The zero-order valence-electron chi connectivity index (χ0n) is 7.94. The molecule has 3 nitrogen and oxygen atoms in total. The van der Waals surface area contributed by atoms with Crippen LogP contribution in [0.25, 0.3) is 0 Å². The van der Waals surface area contributed by atoms with E-state index in [2.05, 4.69) is 4.98 Å². The second-order valence-electron chi connectivity index (χ2n) is 2.81. The maximum atomic E-state index is 11.5. The summed E-state index contributed by atoms with van der Waals surface area (Å²) in [5.74, 6) is -0.0107. The highest BCUT2D eigenvalue weighted by atomic mass is 32.2. The van der Waals surface area contributed by atoms with Gasteiger partial charge in [0.05, 0.1) is 5.56 Å². The standard InChI is InChI=1S/C9H12N2OS/c1-11(2)9(12)7-4-8(13-3)6-10-5-7/h4-6H,1-3H3. The molecule has 70 valence electrons. The molecule has 1 rings (SSSR count). The number of rotatable bonds is 2. The molecule has 1 heterocycles. The molecule has 0 fully saturated rings. The Balaban J connectivity index is 2.95. The van der Waals surface area contributed by atoms with Crippen molar-refractivity contribution in [3.8, 4) is 0 Å². The van der Waals surface area contributed by atoms with E-state index in [9.17, 15) is 4.79 Å². The van der Waals surface area contributed by atoms with Gasteiger partial charge in [-0.3, -0.25) is 9.78 Å². The number of carbonyl (C=O) groups excluding carboxylic acids is 1. The smallest absolute Gasteiger partial charge is 0.254 e. The summed E-state index contributed by atoms with van der Waals surface area (Å²) in [7, 11) is 3.46. The summed E-state index contributed by atoms with van der Waals surface area (Å²) < 4.78 is 0. The van der Waals surface area contributed by atoms with Crippen LogP contribution in [-0.4, -0.2) is 36.1 Å². The lowest BCUT2D eigenvalue weighted by Gasteiger charge is -2.09. The fourth-order valence-corrected chi connectivity index (χ4v) is 1.32. The zero-order chi connectivity index (χ0) is 9.84. The topological polar surface area (TPSA) is 33.2 Å². The van der Waals surface area contributed by atoms with Crippen LogP contribution in [0.1, 0.15) is 10.4 Å². The van der Waals surface area contributed by atoms with Gasteiger partial charge in [-0.15, -0.1) is 11.8 Å². The molecule has 4 heteroatoms. The Hall–Kier alpha value is -1.03. The summed E-state index contributed by atoms with van der Waals surface area (Å²) >= 11 is 1.58. The van der Waals surface area contributed by atoms with Gasteiger partial charge in [0.1, 0.15) is 0 Å². The summed E-state index contributed by atoms with van der Waals surface area (Å²) in [6.07, 6.45) is 5.29. The van der Waals surface area contributed by atoms with E-state index < -0.39 is 0 Å². The average molecular weight is 196 g/mol. The number of thioether (sulfide) groups is 1. The lowest BCUT2D eigenvalue weighted by molar-refractivity contribution is 0.0827. The quantitative estimate of drug-likeness (QED) is 0.672. The minimum absolute atomic E-state index is 0.0107. The molecule has 0 unspecified atom stereocenters. The Morgan fingerprint density at radius 1 is 1.46 bits per heavy atom. The summed E-state index contributed by atoms with van der Waals surface area (Å²) in [5.41, 5.74) is 0.636. The molecule has 0 atom stereocenters. The predicted molar refractivity (Wildman–Crippen MR) is 54.0 cm³/mol. The SMILES string of the molecule is CSc1cncc(C(=O)N(C)C)c1. The Labute approximate surface area is 82.2 Å². The van der Waals surface area contributed by atoms with E-state index in [-0.39, 0.29) is 5.91 Å². The van der Waals surface area contributed by atoms with Gasteiger partial charge in [0, 0.05) is 31.4 Å².